The predicted molar refractivity (Wildman–Crippen MR) is 66.7 cm³/mol. The number of rotatable bonds is 4. The van der Waals surface area contributed by atoms with Gasteiger partial charge in [0.25, 0.3) is 0 Å². The molecule has 0 bridgehead atoms. The second kappa shape index (κ2) is 4.91. The quantitative estimate of drug-likeness (QED) is 0.865. The average Bonchev–Trinajstić information content (AvgIpc) is 2.70. The van der Waals surface area contributed by atoms with Crippen LogP contribution in [0.4, 0.5) is 0 Å². The highest BCUT2D eigenvalue weighted by atomic mass is 16.5. The summed E-state index contributed by atoms with van der Waals surface area (Å²) in [5.74, 6) is -0.131. The van der Waals surface area contributed by atoms with Gasteiger partial charge in [0.1, 0.15) is 5.75 Å². The maximum Gasteiger partial charge on any atom is 0.309 e. The largest absolute Gasteiger partial charge is 0.497 e. The Bertz CT molecular complexity index is 575. The number of hydrogen-bond acceptors (Lipinski definition) is 3. The van der Waals surface area contributed by atoms with Gasteiger partial charge >= 0.3 is 5.97 Å². The summed E-state index contributed by atoms with van der Waals surface area (Å²) in [7, 11) is 1.60. The Morgan fingerprint density at radius 2 is 2.28 bits per heavy atom. The molecular formula is C13H14N2O3. The van der Waals surface area contributed by atoms with E-state index in [9.17, 15) is 4.79 Å². The number of nitrogens with one attached hydrogen (secondary N) is 1. The number of carboxylic acid groups (broad SMARTS) is 1. The molecular weight excluding hydrogens is 232 g/mol. The van der Waals surface area contributed by atoms with E-state index in [-0.39, 0.29) is 6.42 Å². The number of ether oxygens (including phenoxy) is 1. The smallest absolute Gasteiger partial charge is 0.309 e. The maximum atomic E-state index is 10.7. The molecule has 0 radical (unpaired) electrons. The van der Waals surface area contributed by atoms with Gasteiger partial charge in [0.05, 0.1) is 19.2 Å². The van der Waals surface area contributed by atoms with Crippen LogP contribution in [0.2, 0.25) is 0 Å². The lowest BCUT2D eigenvalue weighted by molar-refractivity contribution is -0.136. The fourth-order valence-electron chi connectivity index (χ4n) is 1.81. The SMILES string of the molecule is COc1cccc(-c2n[nH]c(CC(=O)O)c2C)c1. The topological polar surface area (TPSA) is 75.2 Å². The molecule has 1 aromatic carbocycles. The average molecular weight is 246 g/mol. The molecule has 0 fully saturated rings. The number of carboxylic acids is 1. The lowest BCUT2D eigenvalue weighted by Gasteiger charge is -2.03. The van der Waals surface area contributed by atoms with Gasteiger partial charge in [0.2, 0.25) is 0 Å². The number of H-pyrrole nitrogens is 1. The molecule has 0 aliphatic heterocycles. The zero-order valence-corrected chi connectivity index (χ0v) is 10.2. The zero-order chi connectivity index (χ0) is 13.1. The zero-order valence-electron chi connectivity index (χ0n) is 10.2. The van der Waals surface area contributed by atoms with Crippen LogP contribution in [-0.4, -0.2) is 28.4 Å². The summed E-state index contributed by atoms with van der Waals surface area (Å²) in [4.78, 5) is 10.7. The minimum atomic E-state index is -0.876. The summed E-state index contributed by atoms with van der Waals surface area (Å²) >= 11 is 0. The molecule has 0 spiro atoms. The molecule has 1 aromatic heterocycles. The summed E-state index contributed by atoms with van der Waals surface area (Å²) in [5, 5.41) is 15.7. The molecule has 0 amide bonds. The summed E-state index contributed by atoms with van der Waals surface area (Å²) in [6, 6.07) is 7.51. The lowest BCUT2D eigenvalue weighted by Crippen LogP contribution is -2.01. The van der Waals surface area contributed by atoms with Crippen molar-refractivity contribution in [2.75, 3.05) is 7.11 Å². The number of aromatic amines is 1. The first-order valence-electron chi connectivity index (χ1n) is 5.52. The van der Waals surface area contributed by atoms with Crippen molar-refractivity contribution < 1.29 is 14.6 Å². The van der Waals surface area contributed by atoms with Crippen molar-refractivity contribution in [1.29, 1.82) is 0 Å². The van der Waals surface area contributed by atoms with Crippen molar-refractivity contribution in [1.82, 2.24) is 10.2 Å². The summed E-state index contributed by atoms with van der Waals surface area (Å²) in [6.07, 6.45) is -0.0528. The third-order valence-electron chi connectivity index (χ3n) is 2.78. The fraction of sp³-hybridized carbons (Fsp3) is 0.231. The standard InChI is InChI=1S/C13H14N2O3/c1-8-11(7-12(16)17)14-15-13(8)9-4-3-5-10(6-9)18-2/h3-6H,7H2,1-2H3,(H,14,15)(H,16,17). The van der Waals surface area contributed by atoms with Gasteiger partial charge in [-0.2, -0.15) is 5.10 Å². The first kappa shape index (κ1) is 12.2. The minimum Gasteiger partial charge on any atom is -0.497 e. The molecule has 5 nitrogen and oxygen atoms in total. The highest BCUT2D eigenvalue weighted by molar-refractivity contribution is 5.72. The molecule has 5 heteroatoms. The molecule has 0 aliphatic carbocycles. The van der Waals surface area contributed by atoms with Gasteiger partial charge in [-0.1, -0.05) is 12.1 Å². The molecule has 0 saturated heterocycles. The first-order valence-corrected chi connectivity index (χ1v) is 5.52. The molecule has 2 aromatic rings. The number of aromatic nitrogens is 2. The maximum absolute atomic E-state index is 10.7. The number of nitrogens with zero attached hydrogens (tertiary/aromatic N) is 1. The van der Waals surface area contributed by atoms with E-state index in [1.54, 1.807) is 7.11 Å². The van der Waals surface area contributed by atoms with Crippen LogP contribution in [-0.2, 0) is 11.2 Å². The van der Waals surface area contributed by atoms with Gasteiger partial charge in [-0.25, -0.2) is 0 Å². The Labute approximate surface area is 104 Å². The Kier molecular flexibility index (Phi) is 3.32. The van der Waals surface area contributed by atoms with E-state index in [0.29, 0.717) is 5.69 Å². The number of carbonyl (C=O) groups is 1. The van der Waals surface area contributed by atoms with Crippen molar-refractivity contribution in [3.05, 3.63) is 35.5 Å². The Hall–Kier alpha value is -2.30. The van der Waals surface area contributed by atoms with E-state index in [2.05, 4.69) is 10.2 Å². The number of benzene rings is 1. The van der Waals surface area contributed by atoms with Gasteiger partial charge < -0.3 is 9.84 Å². The van der Waals surface area contributed by atoms with Crippen molar-refractivity contribution in [3.63, 3.8) is 0 Å². The van der Waals surface area contributed by atoms with E-state index in [1.807, 2.05) is 31.2 Å². The van der Waals surface area contributed by atoms with Gasteiger partial charge in [-0.05, 0) is 24.6 Å². The van der Waals surface area contributed by atoms with Crippen LogP contribution in [0.25, 0.3) is 11.3 Å². The van der Waals surface area contributed by atoms with Gasteiger partial charge in [0.15, 0.2) is 0 Å². The number of aliphatic carboxylic acids is 1. The molecule has 18 heavy (non-hydrogen) atoms. The summed E-state index contributed by atoms with van der Waals surface area (Å²) in [5.41, 5.74) is 3.14. The normalized spacial score (nSPS) is 10.3. The number of methoxy groups -OCH3 is 1. The van der Waals surface area contributed by atoms with Crippen molar-refractivity contribution in [3.8, 4) is 17.0 Å². The van der Waals surface area contributed by atoms with Crippen LogP contribution in [0, 0.1) is 6.92 Å². The van der Waals surface area contributed by atoms with E-state index < -0.39 is 5.97 Å². The third-order valence-corrected chi connectivity index (χ3v) is 2.78. The van der Waals surface area contributed by atoms with E-state index in [1.165, 1.54) is 0 Å². The highest BCUT2D eigenvalue weighted by Crippen LogP contribution is 2.26. The Morgan fingerprint density at radius 1 is 1.50 bits per heavy atom. The van der Waals surface area contributed by atoms with Crippen LogP contribution in [0.3, 0.4) is 0 Å². The molecule has 0 aliphatic rings. The van der Waals surface area contributed by atoms with Crippen molar-refractivity contribution in [2.24, 2.45) is 0 Å². The Balaban J connectivity index is 2.38. The molecule has 0 saturated carbocycles. The van der Waals surface area contributed by atoms with Crippen molar-refractivity contribution >= 4 is 5.97 Å². The molecule has 0 unspecified atom stereocenters. The molecule has 94 valence electrons. The summed E-state index contributed by atoms with van der Waals surface area (Å²) < 4.78 is 5.16. The van der Waals surface area contributed by atoms with Crippen LogP contribution >= 0.6 is 0 Å². The van der Waals surface area contributed by atoms with Crippen LogP contribution < -0.4 is 4.74 Å². The van der Waals surface area contributed by atoms with Crippen LogP contribution in [0.15, 0.2) is 24.3 Å². The highest BCUT2D eigenvalue weighted by Gasteiger charge is 2.13. The van der Waals surface area contributed by atoms with E-state index in [0.717, 1.165) is 22.6 Å². The first-order chi connectivity index (χ1) is 8.61. The van der Waals surface area contributed by atoms with Crippen molar-refractivity contribution in [2.45, 2.75) is 13.3 Å². The Morgan fingerprint density at radius 3 is 2.94 bits per heavy atom. The molecule has 2 N–H and O–H groups in total. The van der Waals surface area contributed by atoms with Crippen LogP contribution in [0.5, 0.6) is 5.75 Å². The molecule has 2 rings (SSSR count). The van der Waals surface area contributed by atoms with Gasteiger partial charge in [-0.15, -0.1) is 0 Å². The second-order valence-electron chi connectivity index (χ2n) is 3.98. The summed E-state index contributed by atoms with van der Waals surface area (Å²) in [6.45, 7) is 1.86. The fourth-order valence-corrected chi connectivity index (χ4v) is 1.81. The molecule has 0 atom stereocenters. The lowest BCUT2D eigenvalue weighted by atomic mass is 10.1. The predicted octanol–water partition coefficient (Wildman–Crippen LogP) is 2.02. The second-order valence-corrected chi connectivity index (χ2v) is 3.98. The monoisotopic (exact) mass is 246 g/mol. The molecule has 1 heterocycles. The minimum absolute atomic E-state index is 0.0528. The van der Waals surface area contributed by atoms with Gasteiger partial charge in [-0.3, -0.25) is 9.89 Å². The van der Waals surface area contributed by atoms with Gasteiger partial charge in [0, 0.05) is 11.3 Å². The van der Waals surface area contributed by atoms with E-state index in [4.69, 9.17) is 9.84 Å². The van der Waals surface area contributed by atoms with E-state index >= 15 is 0 Å². The van der Waals surface area contributed by atoms with Crippen LogP contribution in [0.1, 0.15) is 11.3 Å². The third kappa shape index (κ3) is 2.34. The number of hydrogen-bond donors (Lipinski definition) is 2.